The second-order valence-electron chi connectivity index (χ2n) is 10.5. The van der Waals surface area contributed by atoms with Crippen molar-refractivity contribution < 1.29 is 9.50 Å². The van der Waals surface area contributed by atoms with Crippen LogP contribution in [0.3, 0.4) is 0 Å². The third-order valence-corrected chi connectivity index (χ3v) is 7.86. The van der Waals surface area contributed by atoms with Gasteiger partial charge in [-0.1, -0.05) is 24.3 Å². The molecule has 5 aromatic rings. The minimum Gasteiger partial charge on any atom is -0.508 e. The van der Waals surface area contributed by atoms with Gasteiger partial charge in [0.1, 0.15) is 22.8 Å². The van der Waals surface area contributed by atoms with Crippen molar-refractivity contribution in [3.63, 3.8) is 0 Å². The van der Waals surface area contributed by atoms with Crippen LogP contribution in [0.15, 0.2) is 55.1 Å². The van der Waals surface area contributed by atoms with E-state index in [0.717, 1.165) is 48.8 Å². The first-order chi connectivity index (χ1) is 19.0. The highest BCUT2D eigenvalue weighted by Gasteiger charge is 2.34. The Bertz CT molecular complexity index is 1690. The van der Waals surface area contributed by atoms with Gasteiger partial charge in [-0.25, -0.2) is 14.4 Å². The zero-order valence-electron chi connectivity index (χ0n) is 21.6. The fourth-order valence-corrected chi connectivity index (χ4v) is 5.94. The Morgan fingerprint density at radius 2 is 1.90 bits per heavy atom. The number of hydrogen-bond donors (Lipinski definition) is 3. The van der Waals surface area contributed by atoms with E-state index in [1.54, 1.807) is 24.7 Å². The summed E-state index contributed by atoms with van der Waals surface area (Å²) in [5.41, 5.74) is 1.97. The number of fused-ring (bicyclic) bond motifs is 4. The maximum atomic E-state index is 16.4. The number of aryl methyl sites for hydroxylation is 1. The molecule has 2 bridgehead atoms. The summed E-state index contributed by atoms with van der Waals surface area (Å²) in [5, 5.41) is 19.5. The van der Waals surface area contributed by atoms with Crippen LogP contribution >= 0.6 is 0 Å². The zero-order chi connectivity index (χ0) is 26.5. The highest BCUT2D eigenvalue weighted by atomic mass is 19.1. The Morgan fingerprint density at radius 1 is 1.08 bits per heavy atom. The van der Waals surface area contributed by atoms with Crippen molar-refractivity contribution in [2.45, 2.75) is 31.3 Å². The molecule has 2 fully saturated rings. The summed E-state index contributed by atoms with van der Waals surface area (Å²) >= 11 is 0. The summed E-state index contributed by atoms with van der Waals surface area (Å²) in [6.45, 7) is 2.18. The summed E-state index contributed by atoms with van der Waals surface area (Å²) in [5.74, 6) is 0.601. The Kier molecular flexibility index (Phi) is 5.77. The number of aromatic hydroxyl groups is 1. The first-order valence-corrected chi connectivity index (χ1v) is 13.3. The minimum atomic E-state index is -0.528. The van der Waals surface area contributed by atoms with Crippen molar-refractivity contribution in [3.05, 3.63) is 66.6 Å². The monoisotopic (exact) mass is 524 g/mol. The number of halogens is 1. The van der Waals surface area contributed by atoms with Crippen LogP contribution in [0.4, 0.5) is 16.2 Å². The third-order valence-electron chi connectivity index (χ3n) is 7.86. The van der Waals surface area contributed by atoms with Gasteiger partial charge in [-0.15, -0.1) is 0 Å². The minimum absolute atomic E-state index is 0.0576. The lowest BCUT2D eigenvalue weighted by molar-refractivity contribution is 0.464. The number of piperazine rings is 1. The van der Waals surface area contributed by atoms with Crippen LogP contribution in [0.2, 0.25) is 0 Å². The Labute approximate surface area is 224 Å². The summed E-state index contributed by atoms with van der Waals surface area (Å²) in [4.78, 5) is 20.5. The van der Waals surface area contributed by atoms with Crippen LogP contribution in [0.25, 0.3) is 32.9 Å². The number of anilines is 2. The molecule has 2 aliphatic rings. The fourth-order valence-electron chi connectivity index (χ4n) is 5.94. The second kappa shape index (κ2) is 9.46. The molecule has 3 N–H and O–H groups in total. The smallest absolute Gasteiger partial charge is 0.225 e. The van der Waals surface area contributed by atoms with E-state index in [2.05, 4.69) is 30.5 Å². The quantitative estimate of drug-likeness (QED) is 0.306. The van der Waals surface area contributed by atoms with Crippen LogP contribution in [0.1, 0.15) is 18.5 Å². The average Bonchev–Trinajstić information content (AvgIpc) is 3.51. The largest absolute Gasteiger partial charge is 0.508 e. The van der Waals surface area contributed by atoms with E-state index in [4.69, 9.17) is 4.98 Å². The number of pyridine rings is 1. The molecule has 7 rings (SSSR count). The zero-order valence-corrected chi connectivity index (χ0v) is 21.6. The summed E-state index contributed by atoms with van der Waals surface area (Å²) < 4.78 is 18.4. The molecule has 10 heteroatoms. The summed E-state index contributed by atoms with van der Waals surface area (Å²) in [7, 11) is 1.96. The lowest BCUT2D eigenvalue weighted by Gasteiger charge is -2.34. The van der Waals surface area contributed by atoms with Gasteiger partial charge >= 0.3 is 0 Å². The van der Waals surface area contributed by atoms with Gasteiger partial charge in [-0.3, -0.25) is 4.98 Å². The fraction of sp³-hybridized carbons (Fsp3) is 0.310. The average molecular weight is 525 g/mol. The topological polar surface area (TPSA) is 104 Å². The number of phenolic OH excluding ortho intramolecular Hbond substituents is 1. The number of imidazole rings is 1. The maximum Gasteiger partial charge on any atom is 0.225 e. The lowest BCUT2D eigenvalue weighted by Crippen LogP contribution is -2.51. The van der Waals surface area contributed by atoms with Gasteiger partial charge in [0.15, 0.2) is 5.82 Å². The number of rotatable bonds is 6. The number of hydrogen-bond acceptors (Lipinski definition) is 8. The van der Waals surface area contributed by atoms with E-state index >= 15 is 4.39 Å². The standard InChI is InChI=1S/C29H29FN8O/c1-37-16-31-12-20(37)8-9-32-29-35-27-24(28(36-29)38-14-18-6-7-19(15-38)34-18)13-33-26(25(27)30)23-11-21(39)10-17-4-2-3-5-22(17)23/h2-5,10-13,16,18-19,34,39H,6-9,14-15H2,1H3,(H,32,35,36). The molecule has 0 aliphatic carbocycles. The van der Waals surface area contributed by atoms with E-state index in [-0.39, 0.29) is 17.0 Å². The van der Waals surface area contributed by atoms with Crippen molar-refractivity contribution in [3.8, 4) is 17.0 Å². The Morgan fingerprint density at radius 3 is 2.69 bits per heavy atom. The van der Waals surface area contributed by atoms with Crippen LogP contribution in [0.5, 0.6) is 5.75 Å². The molecular formula is C29H29FN8O. The molecular weight excluding hydrogens is 495 g/mol. The SMILES string of the molecule is Cn1cncc1CCNc1nc(N2CC3CCC(C2)N3)c2cnc(-c3cc(O)cc4ccccc34)c(F)c2n1. The van der Waals surface area contributed by atoms with Crippen LogP contribution in [-0.4, -0.2) is 61.3 Å². The van der Waals surface area contributed by atoms with E-state index in [0.29, 0.717) is 41.3 Å². The van der Waals surface area contributed by atoms with Gasteiger partial charge < -0.3 is 25.2 Å². The van der Waals surface area contributed by atoms with Crippen molar-refractivity contribution in [1.82, 2.24) is 29.8 Å². The molecule has 0 radical (unpaired) electrons. The molecule has 0 saturated carbocycles. The molecule has 2 atom stereocenters. The second-order valence-corrected chi connectivity index (χ2v) is 10.5. The number of nitrogens with one attached hydrogen (secondary N) is 2. The van der Waals surface area contributed by atoms with E-state index in [1.807, 2.05) is 42.1 Å². The molecule has 2 aromatic carbocycles. The summed E-state index contributed by atoms with van der Waals surface area (Å²) in [6, 6.07) is 11.6. The molecule has 3 aromatic heterocycles. The number of phenols is 1. The molecule has 2 saturated heterocycles. The third kappa shape index (κ3) is 4.30. The predicted octanol–water partition coefficient (Wildman–Crippen LogP) is 4.02. The molecule has 2 aliphatic heterocycles. The Balaban J connectivity index is 1.33. The van der Waals surface area contributed by atoms with Crippen molar-refractivity contribution in [2.24, 2.45) is 7.05 Å². The highest BCUT2D eigenvalue weighted by molar-refractivity contribution is 6.00. The van der Waals surface area contributed by atoms with Crippen LogP contribution in [0, 0.1) is 5.82 Å². The molecule has 39 heavy (non-hydrogen) atoms. The van der Waals surface area contributed by atoms with Crippen LogP contribution < -0.4 is 15.5 Å². The number of nitrogens with zero attached hydrogens (tertiary/aromatic N) is 6. The van der Waals surface area contributed by atoms with Gasteiger partial charge in [-0.05, 0) is 35.7 Å². The number of benzene rings is 2. The molecule has 2 unspecified atom stereocenters. The maximum absolute atomic E-state index is 16.4. The van der Waals surface area contributed by atoms with Crippen molar-refractivity contribution >= 4 is 33.4 Å². The van der Waals surface area contributed by atoms with Gasteiger partial charge in [0, 0.05) is 68.8 Å². The highest BCUT2D eigenvalue weighted by Crippen LogP contribution is 2.37. The molecule has 198 valence electrons. The van der Waals surface area contributed by atoms with Crippen LogP contribution in [-0.2, 0) is 13.5 Å². The summed E-state index contributed by atoms with van der Waals surface area (Å²) in [6.07, 6.45) is 8.26. The van der Waals surface area contributed by atoms with Gasteiger partial charge in [0.05, 0.1) is 11.7 Å². The number of aromatic nitrogens is 5. The van der Waals surface area contributed by atoms with E-state index < -0.39 is 5.82 Å². The van der Waals surface area contributed by atoms with E-state index in [9.17, 15) is 5.11 Å². The molecule has 5 heterocycles. The first-order valence-electron chi connectivity index (χ1n) is 13.3. The van der Waals surface area contributed by atoms with Crippen molar-refractivity contribution in [1.29, 1.82) is 0 Å². The van der Waals surface area contributed by atoms with Gasteiger partial charge in [-0.2, -0.15) is 4.98 Å². The molecule has 0 spiro atoms. The first kappa shape index (κ1) is 23.8. The lowest BCUT2D eigenvalue weighted by atomic mass is 10.00. The van der Waals surface area contributed by atoms with Gasteiger partial charge in [0.2, 0.25) is 5.95 Å². The molecule has 9 nitrogen and oxygen atoms in total. The predicted molar refractivity (Wildman–Crippen MR) is 149 cm³/mol. The normalized spacial score (nSPS) is 18.8. The Hall–Kier alpha value is -4.31. The van der Waals surface area contributed by atoms with Gasteiger partial charge in [0.25, 0.3) is 0 Å². The van der Waals surface area contributed by atoms with E-state index in [1.165, 1.54) is 0 Å². The molecule has 0 amide bonds. The van der Waals surface area contributed by atoms with Crippen molar-refractivity contribution in [2.75, 3.05) is 29.9 Å².